The van der Waals surface area contributed by atoms with Gasteiger partial charge in [-0.15, -0.1) is 0 Å². The zero-order valence-electron chi connectivity index (χ0n) is 12.9. The number of hydrogen-bond acceptors (Lipinski definition) is 4. The van der Waals surface area contributed by atoms with Gasteiger partial charge in [-0.3, -0.25) is 4.79 Å². The molecule has 1 N–H and O–H groups in total. The van der Waals surface area contributed by atoms with Crippen molar-refractivity contribution in [2.24, 2.45) is 5.92 Å². The molecule has 0 aliphatic heterocycles. The molecule has 2 unspecified atom stereocenters. The number of ether oxygens (including phenoxy) is 1. The van der Waals surface area contributed by atoms with E-state index < -0.39 is 21.1 Å². The number of carbonyl (C=O) groups excluding carboxylic acids is 1. The molecule has 1 heterocycles. The van der Waals surface area contributed by atoms with Crippen LogP contribution in [0.1, 0.15) is 17.7 Å². The molecule has 1 aromatic heterocycles. The van der Waals surface area contributed by atoms with Crippen LogP contribution in [0.25, 0.3) is 10.9 Å². The molecule has 0 saturated carbocycles. The number of aromatic nitrogens is 1. The van der Waals surface area contributed by atoms with Gasteiger partial charge in [0.15, 0.2) is 15.1 Å². The number of aryl methyl sites for hydroxylation is 1. The average Bonchev–Trinajstić information content (AvgIpc) is 2.82. The minimum absolute atomic E-state index is 0.263. The van der Waals surface area contributed by atoms with Crippen LogP contribution in [-0.4, -0.2) is 38.0 Å². The molecule has 0 spiro atoms. The van der Waals surface area contributed by atoms with Crippen LogP contribution in [0.3, 0.4) is 0 Å². The van der Waals surface area contributed by atoms with E-state index in [0.29, 0.717) is 12.8 Å². The molecule has 0 radical (unpaired) electrons. The van der Waals surface area contributed by atoms with Gasteiger partial charge in [0.05, 0.1) is 7.11 Å². The van der Waals surface area contributed by atoms with Crippen molar-refractivity contribution in [2.75, 3.05) is 13.4 Å². The molecule has 2 atom stereocenters. The molecule has 0 amide bonds. The first kappa shape index (κ1) is 16.5. The summed E-state index contributed by atoms with van der Waals surface area (Å²) in [5, 5.41) is 0.0561. The van der Waals surface area contributed by atoms with Crippen molar-refractivity contribution >= 4 is 42.6 Å². The van der Waals surface area contributed by atoms with Gasteiger partial charge in [-0.1, -0.05) is 15.9 Å². The minimum atomic E-state index is -3.51. The number of methoxy groups -OCH3 is 1. The first-order valence-electron chi connectivity index (χ1n) is 7.37. The number of rotatable bonds is 3. The highest BCUT2D eigenvalue weighted by atomic mass is 79.9. The van der Waals surface area contributed by atoms with Crippen LogP contribution in [0.5, 0.6) is 0 Å². The van der Waals surface area contributed by atoms with Crippen LogP contribution in [0.4, 0.5) is 0 Å². The second-order valence-corrected chi connectivity index (χ2v) is 9.13. The van der Waals surface area contributed by atoms with E-state index >= 15 is 0 Å². The molecule has 0 saturated heterocycles. The predicted octanol–water partition coefficient (Wildman–Crippen LogP) is 2.62. The van der Waals surface area contributed by atoms with E-state index in [2.05, 4.69) is 27.0 Å². The largest absolute Gasteiger partial charge is 0.468 e. The van der Waals surface area contributed by atoms with Gasteiger partial charge in [0.2, 0.25) is 0 Å². The Morgan fingerprint density at radius 2 is 2.17 bits per heavy atom. The maximum atomic E-state index is 12.0. The van der Waals surface area contributed by atoms with Gasteiger partial charge in [-0.2, -0.15) is 0 Å². The van der Waals surface area contributed by atoms with E-state index in [1.165, 1.54) is 12.7 Å². The van der Waals surface area contributed by atoms with Gasteiger partial charge in [0.25, 0.3) is 0 Å². The van der Waals surface area contributed by atoms with E-state index in [9.17, 15) is 13.2 Å². The Hall–Kier alpha value is -1.34. The first-order chi connectivity index (χ1) is 10.8. The number of benzene rings is 1. The first-order valence-corrected chi connectivity index (χ1v) is 10.1. The Morgan fingerprint density at radius 1 is 1.43 bits per heavy atom. The SMILES string of the molecule is COC(=O)C(C1CCc2c([nH]c3ccc(Br)cc23)C1)S(C)(=O)=O. The molecule has 7 heteroatoms. The second-order valence-electron chi connectivity index (χ2n) is 6.05. The third-order valence-corrected chi connectivity index (χ3v) is 6.50. The number of halogens is 1. The van der Waals surface area contributed by atoms with E-state index in [1.807, 2.05) is 12.1 Å². The average molecular weight is 400 g/mol. The maximum absolute atomic E-state index is 12.0. The monoisotopic (exact) mass is 399 g/mol. The zero-order valence-corrected chi connectivity index (χ0v) is 15.3. The van der Waals surface area contributed by atoms with E-state index in [1.54, 1.807) is 0 Å². The quantitative estimate of drug-likeness (QED) is 0.804. The van der Waals surface area contributed by atoms with Crippen molar-refractivity contribution in [1.29, 1.82) is 0 Å². The van der Waals surface area contributed by atoms with Crippen LogP contribution >= 0.6 is 15.9 Å². The Balaban J connectivity index is 1.99. The summed E-state index contributed by atoms with van der Waals surface area (Å²) in [7, 11) is -2.28. The summed E-state index contributed by atoms with van der Waals surface area (Å²) in [6, 6.07) is 6.04. The third-order valence-electron chi connectivity index (χ3n) is 4.51. The Morgan fingerprint density at radius 3 is 2.83 bits per heavy atom. The predicted molar refractivity (Wildman–Crippen MR) is 92.2 cm³/mol. The van der Waals surface area contributed by atoms with Crippen molar-refractivity contribution in [3.05, 3.63) is 33.9 Å². The van der Waals surface area contributed by atoms with Gasteiger partial charge in [0, 0.05) is 27.3 Å². The summed E-state index contributed by atoms with van der Waals surface area (Å²) in [6.45, 7) is 0. The number of fused-ring (bicyclic) bond motifs is 3. The summed E-state index contributed by atoms with van der Waals surface area (Å²) >= 11 is 3.48. The molecule has 5 nitrogen and oxygen atoms in total. The van der Waals surface area contributed by atoms with Crippen molar-refractivity contribution < 1.29 is 17.9 Å². The normalized spacial score (nSPS) is 19.3. The molecule has 0 bridgehead atoms. The fourth-order valence-corrected chi connectivity index (χ4v) is 5.26. The van der Waals surface area contributed by atoms with Crippen LogP contribution in [0, 0.1) is 5.92 Å². The topological polar surface area (TPSA) is 76.2 Å². The van der Waals surface area contributed by atoms with Crippen LogP contribution in [0.15, 0.2) is 22.7 Å². The smallest absolute Gasteiger partial charge is 0.324 e. The lowest BCUT2D eigenvalue weighted by Gasteiger charge is -2.27. The molecular weight excluding hydrogens is 382 g/mol. The van der Waals surface area contributed by atoms with Crippen LogP contribution < -0.4 is 0 Å². The molecule has 1 aromatic carbocycles. The summed E-state index contributed by atoms with van der Waals surface area (Å²) in [6.07, 6.45) is 3.04. The van der Waals surface area contributed by atoms with Crippen molar-refractivity contribution in [2.45, 2.75) is 24.5 Å². The van der Waals surface area contributed by atoms with Gasteiger partial charge in [-0.25, -0.2) is 8.42 Å². The minimum Gasteiger partial charge on any atom is -0.468 e. The molecule has 1 aliphatic carbocycles. The third kappa shape index (κ3) is 3.04. The fourth-order valence-electron chi connectivity index (χ4n) is 3.52. The van der Waals surface area contributed by atoms with Crippen molar-refractivity contribution in [3.63, 3.8) is 0 Å². The van der Waals surface area contributed by atoms with Crippen molar-refractivity contribution in [3.8, 4) is 0 Å². The molecule has 0 fully saturated rings. The van der Waals surface area contributed by atoms with E-state index in [4.69, 9.17) is 4.74 Å². The van der Waals surface area contributed by atoms with Crippen LogP contribution in [-0.2, 0) is 32.2 Å². The summed E-state index contributed by atoms with van der Waals surface area (Å²) in [4.78, 5) is 15.3. The fraction of sp³-hybridized carbons (Fsp3) is 0.438. The number of nitrogens with one attached hydrogen (secondary N) is 1. The molecule has 124 valence electrons. The molecular formula is C16H18BrNO4S. The highest BCUT2D eigenvalue weighted by molar-refractivity contribution is 9.10. The molecule has 23 heavy (non-hydrogen) atoms. The highest BCUT2D eigenvalue weighted by Gasteiger charge is 2.40. The molecule has 2 aromatic rings. The lowest BCUT2D eigenvalue weighted by Crippen LogP contribution is -2.40. The number of sulfone groups is 1. The standard InChI is InChI=1S/C16H18BrNO4S/c1-22-16(19)15(23(2,20)21)9-3-5-11-12-8-10(17)4-6-13(12)18-14(11)7-9/h4,6,8-9,15,18H,3,5,7H2,1-2H3. The maximum Gasteiger partial charge on any atom is 0.324 e. The van der Waals surface area contributed by atoms with Gasteiger partial charge in [0.1, 0.15) is 0 Å². The second kappa shape index (κ2) is 5.94. The van der Waals surface area contributed by atoms with Gasteiger partial charge < -0.3 is 9.72 Å². The molecule has 3 rings (SSSR count). The number of carbonyl (C=O) groups is 1. The van der Waals surface area contributed by atoms with Crippen LogP contribution in [0.2, 0.25) is 0 Å². The Labute approximate surface area is 143 Å². The van der Waals surface area contributed by atoms with Gasteiger partial charge in [-0.05, 0) is 48.9 Å². The van der Waals surface area contributed by atoms with Crippen molar-refractivity contribution in [1.82, 2.24) is 4.98 Å². The zero-order chi connectivity index (χ0) is 16.8. The van der Waals surface area contributed by atoms with E-state index in [0.717, 1.165) is 33.7 Å². The highest BCUT2D eigenvalue weighted by Crippen LogP contribution is 2.35. The number of aromatic amines is 1. The van der Waals surface area contributed by atoms with Gasteiger partial charge >= 0.3 is 5.97 Å². The lowest BCUT2D eigenvalue weighted by molar-refractivity contribution is -0.141. The number of H-pyrrole nitrogens is 1. The summed E-state index contributed by atoms with van der Waals surface area (Å²) in [5.74, 6) is -0.929. The summed E-state index contributed by atoms with van der Waals surface area (Å²) in [5.41, 5.74) is 3.27. The molecule has 1 aliphatic rings. The number of hydrogen-bond donors (Lipinski definition) is 1. The number of esters is 1. The Bertz CT molecular complexity index is 872. The van der Waals surface area contributed by atoms with E-state index in [-0.39, 0.29) is 5.92 Å². The Kier molecular flexibility index (Phi) is 4.27. The summed E-state index contributed by atoms with van der Waals surface area (Å²) < 4.78 is 29.8. The lowest BCUT2D eigenvalue weighted by atomic mass is 9.84.